The Kier molecular flexibility index (Phi) is 11.2. The summed E-state index contributed by atoms with van der Waals surface area (Å²) in [6.45, 7) is 5.08. The molecule has 13 nitrogen and oxygen atoms in total. The summed E-state index contributed by atoms with van der Waals surface area (Å²) < 4.78 is 8.43. The van der Waals surface area contributed by atoms with E-state index in [9.17, 15) is 14.4 Å². The summed E-state index contributed by atoms with van der Waals surface area (Å²) in [5.74, 6) is 1.63. The Morgan fingerprint density at radius 2 is 1.78 bits per heavy atom. The number of ether oxygens (including phenoxy) is 1. The van der Waals surface area contributed by atoms with E-state index in [1.807, 2.05) is 18.2 Å². The first-order chi connectivity index (χ1) is 25.8. The molecule has 2 aliphatic heterocycles. The number of carbonyl (C=O) groups excluding carboxylic acids is 3. The summed E-state index contributed by atoms with van der Waals surface area (Å²) in [4.78, 5) is 43.6. The van der Waals surface area contributed by atoms with Gasteiger partial charge in [-0.05, 0) is 86.9 Å². The molecule has 2 aromatic carbocycles. The van der Waals surface area contributed by atoms with E-state index in [0.717, 1.165) is 93.7 Å². The predicted molar refractivity (Wildman–Crippen MR) is 207 cm³/mol. The highest BCUT2D eigenvalue weighted by atomic mass is 35.5. The summed E-state index contributed by atoms with van der Waals surface area (Å²) in [5, 5.41) is 24.7. The molecule has 4 aromatic rings. The molecule has 15 heteroatoms. The van der Waals surface area contributed by atoms with Crippen molar-refractivity contribution < 1.29 is 19.1 Å². The maximum Gasteiger partial charge on any atom is 0.328 e. The number of benzene rings is 2. The highest BCUT2D eigenvalue weighted by Gasteiger charge is 2.34. The molecule has 2 aromatic heterocycles. The second kappa shape index (κ2) is 16.2. The fraction of sp³-hybridized carbons (Fsp3) is 0.436. The molecule has 0 bridgehead atoms. The smallest absolute Gasteiger partial charge is 0.328 e. The van der Waals surface area contributed by atoms with E-state index in [1.165, 1.54) is 0 Å². The Morgan fingerprint density at radius 1 is 0.981 bits per heavy atom. The number of nitriles is 1. The van der Waals surface area contributed by atoms with Crippen LogP contribution in [0.4, 0.5) is 16.3 Å². The second-order valence-electron chi connectivity index (χ2n) is 14.6. The normalized spacial score (nSPS) is 23.2. The summed E-state index contributed by atoms with van der Waals surface area (Å²) in [6, 6.07) is 19.1. The first-order valence-electron chi connectivity index (χ1n) is 18.5. The number of fused-ring (bicyclic) bond motifs is 1. The van der Waals surface area contributed by atoms with Gasteiger partial charge in [0, 0.05) is 75.4 Å². The number of carbonyl (C=O) groups is 3. The van der Waals surface area contributed by atoms with Gasteiger partial charge >= 0.3 is 6.03 Å². The Labute approximate surface area is 325 Å². The maximum absolute atomic E-state index is 13.0. The summed E-state index contributed by atoms with van der Waals surface area (Å²) in [6.07, 6.45) is 7.91. The third-order valence-electron chi connectivity index (χ3n) is 11.2. The van der Waals surface area contributed by atoms with Crippen LogP contribution in [0.15, 0.2) is 60.8 Å². The number of rotatable bonds is 9. The van der Waals surface area contributed by atoms with Gasteiger partial charge in [0.1, 0.15) is 11.8 Å². The van der Waals surface area contributed by atoms with Crippen LogP contribution in [-0.4, -0.2) is 88.9 Å². The van der Waals surface area contributed by atoms with E-state index in [-0.39, 0.29) is 42.4 Å². The molecule has 0 atom stereocenters. The molecule has 282 valence electrons. The van der Waals surface area contributed by atoms with Crippen molar-refractivity contribution in [3.63, 3.8) is 0 Å². The van der Waals surface area contributed by atoms with Crippen molar-refractivity contribution in [2.24, 2.45) is 5.92 Å². The van der Waals surface area contributed by atoms with Gasteiger partial charge in [0.15, 0.2) is 11.5 Å². The molecular formula is C39H43Cl2N9O4. The number of anilines is 2. The number of aromatic nitrogens is 3. The van der Waals surface area contributed by atoms with Crippen molar-refractivity contribution in [3.8, 4) is 11.8 Å². The predicted octanol–water partition coefficient (Wildman–Crippen LogP) is 5.72. The average molecular weight is 773 g/mol. The first kappa shape index (κ1) is 37.4. The Bertz CT molecular complexity index is 2050. The number of amides is 4. The van der Waals surface area contributed by atoms with Crippen LogP contribution in [0.3, 0.4) is 0 Å². The van der Waals surface area contributed by atoms with Gasteiger partial charge in [0.2, 0.25) is 5.91 Å². The van der Waals surface area contributed by atoms with E-state index >= 15 is 0 Å². The molecule has 4 amide bonds. The van der Waals surface area contributed by atoms with Crippen molar-refractivity contribution in [3.05, 3.63) is 77.1 Å². The molecular weight excluding hydrogens is 729 g/mol. The van der Waals surface area contributed by atoms with Crippen LogP contribution in [0.2, 0.25) is 5.02 Å². The minimum Gasteiger partial charge on any atom is -0.490 e. The van der Waals surface area contributed by atoms with E-state index in [4.69, 9.17) is 21.6 Å². The standard InChI is InChI=1S/C39H42ClN9O4.ClH/c40-32-22-30(7-4-26(32)23-41)53-29-8-5-27(6-9-29)42-38(51)33-10-11-36(45-44-33)47-18-16-46(17-19-47)24-25-20-28(21-25)48-14-12-31-34(48)2-1-3-35(31)49-15-13-37(50)43-39(49)52;/h1-4,7,10-12,14,22,25,27-29H,5-6,8-9,13,15-21,24H2,(H,42,51)(H,43,50,52);1H/t25-,27-,28-,29-;. The molecule has 4 heterocycles. The van der Waals surface area contributed by atoms with Crippen LogP contribution in [-0.2, 0) is 4.79 Å². The SMILES string of the molecule is Cl.N#Cc1ccc(O[C@H]2CC[C@H](NC(=O)c3ccc(N4CCN(C[C@H]5C[C@H](n6ccc7c(N8CCC(=O)NC8=O)cccc76)C5)CC4)nn3)CC2)cc1Cl. The van der Waals surface area contributed by atoms with Crippen LogP contribution in [0.25, 0.3) is 10.9 Å². The molecule has 0 unspecified atom stereocenters. The molecule has 4 fully saturated rings. The van der Waals surface area contributed by atoms with Crippen LogP contribution >= 0.6 is 24.0 Å². The van der Waals surface area contributed by atoms with E-state index in [0.29, 0.717) is 47.0 Å². The van der Waals surface area contributed by atoms with Crippen LogP contribution in [0.5, 0.6) is 5.75 Å². The van der Waals surface area contributed by atoms with Gasteiger partial charge in [-0.1, -0.05) is 17.7 Å². The van der Waals surface area contributed by atoms with E-state index < -0.39 is 0 Å². The molecule has 2 saturated carbocycles. The van der Waals surface area contributed by atoms with Gasteiger partial charge in [0.25, 0.3) is 5.91 Å². The van der Waals surface area contributed by atoms with Crippen molar-refractivity contribution >= 4 is 64.3 Å². The van der Waals surface area contributed by atoms with Gasteiger partial charge in [0.05, 0.1) is 27.9 Å². The average Bonchev–Trinajstić information content (AvgIpc) is 3.58. The summed E-state index contributed by atoms with van der Waals surface area (Å²) in [5.41, 5.74) is 2.71. The Morgan fingerprint density at radius 3 is 2.48 bits per heavy atom. The minimum atomic E-state index is -0.358. The molecule has 54 heavy (non-hydrogen) atoms. The van der Waals surface area contributed by atoms with Gasteiger partial charge in [-0.25, -0.2) is 4.79 Å². The van der Waals surface area contributed by atoms with Crippen molar-refractivity contribution in [1.29, 1.82) is 5.26 Å². The van der Waals surface area contributed by atoms with Gasteiger partial charge in [-0.15, -0.1) is 22.6 Å². The van der Waals surface area contributed by atoms with Crippen molar-refractivity contribution in [2.75, 3.05) is 49.1 Å². The topological polar surface area (TPSA) is 149 Å². The second-order valence-corrected chi connectivity index (χ2v) is 15.0. The number of imide groups is 1. The van der Waals surface area contributed by atoms with Gasteiger partial charge in [-0.3, -0.25) is 24.7 Å². The monoisotopic (exact) mass is 771 g/mol. The zero-order valence-electron chi connectivity index (χ0n) is 29.8. The minimum absolute atomic E-state index is 0. The van der Waals surface area contributed by atoms with Crippen molar-refractivity contribution in [1.82, 2.24) is 30.3 Å². The molecule has 4 aliphatic rings. The van der Waals surface area contributed by atoms with Gasteiger partial charge < -0.3 is 19.5 Å². The number of hydrogen-bond acceptors (Lipinski definition) is 9. The summed E-state index contributed by atoms with van der Waals surface area (Å²) >= 11 is 6.14. The summed E-state index contributed by atoms with van der Waals surface area (Å²) in [7, 11) is 0. The van der Waals surface area contributed by atoms with Crippen LogP contribution in [0.1, 0.15) is 67.0 Å². The largest absolute Gasteiger partial charge is 0.490 e. The highest BCUT2D eigenvalue weighted by molar-refractivity contribution is 6.31. The lowest BCUT2D eigenvalue weighted by Gasteiger charge is -2.42. The maximum atomic E-state index is 13.0. The number of nitrogens with one attached hydrogen (secondary N) is 2. The van der Waals surface area contributed by atoms with Crippen LogP contribution in [0, 0.1) is 17.2 Å². The Hall–Kier alpha value is -4.90. The van der Waals surface area contributed by atoms with E-state index in [2.05, 4.69) is 59.6 Å². The van der Waals surface area contributed by atoms with Crippen LogP contribution < -0.4 is 25.2 Å². The number of nitrogens with zero attached hydrogens (tertiary/aromatic N) is 7. The zero-order chi connectivity index (χ0) is 36.5. The lowest BCUT2D eigenvalue weighted by molar-refractivity contribution is -0.120. The lowest BCUT2D eigenvalue weighted by atomic mass is 9.79. The fourth-order valence-corrected chi connectivity index (χ4v) is 8.39. The molecule has 2 aliphatic carbocycles. The molecule has 2 N–H and O–H groups in total. The first-order valence-corrected chi connectivity index (χ1v) is 18.9. The molecule has 0 radical (unpaired) electrons. The quantitative estimate of drug-likeness (QED) is 0.218. The molecule has 0 spiro atoms. The van der Waals surface area contributed by atoms with Gasteiger partial charge in [-0.2, -0.15) is 5.26 Å². The van der Waals surface area contributed by atoms with E-state index in [1.54, 1.807) is 29.2 Å². The fourth-order valence-electron chi connectivity index (χ4n) is 8.17. The number of piperazine rings is 1. The number of hydrogen-bond donors (Lipinski definition) is 2. The number of halogens is 2. The third kappa shape index (κ3) is 7.97. The molecule has 8 rings (SSSR count). The number of urea groups is 1. The highest BCUT2D eigenvalue weighted by Crippen LogP contribution is 2.42. The zero-order valence-corrected chi connectivity index (χ0v) is 31.4. The Balaban J connectivity index is 0.00000450. The third-order valence-corrected chi connectivity index (χ3v) is 11.5. The molecule has 2 saturated heterocycles. The van der Waals surface area contributed by atoms with Crippen molar-refractivity contribution in [2.45, 2.75) is 63.1 Å². The lowest BCUT2D eigenvalue weighted by Crippen LogP contribution is -2.49.